The summed E-state index contributed by atoms with van der Waals surface area (Å²) in [5.74, 6) is -0.142. The van der Waals surface area contributed by atoms with E-state index in [-0.39, 0.29) is 30.9 Å². The molecule has 2 aromatic rings. The van der Waals surface area contributed by atoms with Gasteiger partial charge in [0.1, 0.15) is 5.82 Å². The van der Waals surface area contributed by atoms with Crippen molar-refractivity contribution < 1.29 is 22.4 Å². The van der Waals surface area contributed by atoms with Crippen molar-refractivity contribution >= 4 is 28.0 Å². The number of carbonyl (C=O) groups is 2. The fourth-order valence-corrected chi connectivity index (χ4v) is 5.24. The van der Waals surface area contributed by atoms with Gasteiger partial charge in [-0.2, -0.15) is 12.7 Å². The third-order valence-electron chi connectivity index (χ3n) is 5.83. The van der Waals surface area contributed by atoms with Crippen molar-refractivity contribution in [3.8, 4) is 0 Å². The number of hydrogen-bond donors (Lipinski definition) is 3. The van der Waals surface area contributed by atoms with Crippen LogP contribution in [0.2, 0.25) is 0 Å². The summed E-state index contributed by atoms with van der Waals surface area (Å²) in [6, 6.07) is 10.7. The van der Waals surface area contributed by atoms with Gasteiger partial charge in [-0.25, -0.2) is 18.7 Å². The summed E-state index contributed by atoms with van der Waals surface area (Å²) in [5, 5.41) is 2.86. The van der Waals surface area contributed by atoms with Gasteiger partial charge in [-0.1, -0.05) is 18.2 Å². The topological polar surface area (TPSA) is 125 Å². The zero-order valence-electron chi connectivity index (χ0n) is 17.3. The number of hydrogen-bond acceptors (Lipinski definition) is 4. The fourth-order valence-electron chi connectivity index (χ4n) is 4.17. The Hall–Kier alpha value is -3.18. The Bertz CT molecular complexity index is 1130. The van der Waals surface area contributed by atoms with Crippen molar-refractivity contribution in [3.63, 3.8) is 0 Å². The molecule has 0 spiro atoms. The highest BCUT2D eigenvalue weighted by molar-refractivity contribution is 7.87. The first-order valence-electron chi connectivity index (χ1n) is 10.2. The quantitative estimate of drug-likeness (QED) is 0.647. The van der Waals surface area contributed by atoms with Crippen LogP contribution >= 0.6 is 0 Å². The number of anilines is 1. The predicted octanol–water partition coefficient (Wildman–Crippen LogP) is 2.47. The number of urea groups is 2. The first-order valence-corrected chi connectivity index (χ1v) is 11.7. The van der Waals surface area contributed by atoms with E-state index >= 15 is 0 Å². The molecule has 1 saturated heterocycles. The maximum Gasteiger partial charge on any atom is 0.326 e. The van der Waals surface area contributed by atoms with Gasteiger partial charge in [0, 0.05) is 31.9 Å². The number of piperidine rings is 1. The third-order valence-corrected chi connectivity index (χ3v) is 7.34. The predicted molar refractivity (Wildman–Crippen MR) is 116 cm³/mol. The van der Waals surface area contributed by atoms with Gasteiger partial charge in [0.2, 0.25) is 0 Å². The van der Waals surface area contributed by atoms with Gasteiger partial charge in [0.05, 0.1) is 0 Å². The molecule has 2 aliphatic heterocycles. The van der Waals surface area contributed by atoms with Crippen LogP contribution < -0.4 is 15.8 Å². The van der Waals surface area contributed by atoms with Gasteiger partial charge in [-0.3, -0.25) is 0 Å². The summed E-state index contributed by atoms with van der Waals surface area (Å²) in [4.78, 5) is 25.1. The van der Waals surface area contributed by atoms with Crippen LogP contribution in [0.5, 0.6) is 0 Å². The number of amides is 4. The summed E-state index contributed by atoms with van der Waals surface area (Å²) in [7, 11) is -3.90. The minimum Gasteiger partial charge on any atom is -0.351 e. The SMILES string of the molecule is NC(=O)NS(=O)(=O)N1CCC(c2ccc(NC(=O)N3Cc4ccc(F)cc4C3)cc2)CC1. The average molecular weight is 462 g/mol. The van der Waals surface area contributed by atoms with Crippen molar-refractivity contribution in [2.24, 2.45) is 5.73 Å². The molecule has 0 aliphatic carbocycles. The van der Waals surface area contributed by atoms with Gasteiger partial charge in [0.25, 0.3) is 0 Å². The molecule has 2 aromatic carbocycles. The summed E-state index contributed by atoms with van der Waals surface area (Å²) < 4.78 is 40.4. The van der Waals surface area contributed by atoms with E-state index in [9.17, 15) is 22.4 Å². The Morgan fingerprint density at radius 1 is 1.00 bits per heavy atom. The van der Waals surface area contributed by atoms with Crippen molar-refractivity contribution in [2.45, 2.75) is 31.8 Å². The molecule has 4 amide bonds. The Balaban J connectivity index is 1.31. The second-order valence-electron chi connectivity index (χ2n) is 7.97. The van der Waals surface area contributed by atoms with Crippen molar-refractivity contribution in [3.05, 3.63) is 65.0 Å². The Morgan fingerprint density at radius 3 is 2.31 bits per heavy atom. The van der Waals surface area contributed by atoms with Crippen LogP contribution in [0.3, 0.4) is 0 Å². The summed E-state index contributed by atoms with van der Waals surface area (Å²) in [5.41, 5.74) is 8.37. The summed E-state index contributed by atoms with van der Waals surface area (Å²) in [6.45, 7) is 1.36. The van der Waals surface area contributed by atoms with Gasteiger partial charge < -0.3 is 16.0 Å². The van der Waals surface area contributed by atoms with Crippen molar-refractivity contribution in [1.29, 1.82) is 0 Å². The molecule has 170 valence electrons. The van der Waals surface area contributed by atoms with E-state index < -0.39 is 16.2 Å². The van der Waals surface area contributed by atoms with Crippen LogP contribution in [0.1, 0.15) is 35.4 Å². The van der Waals surface area contributed by atoms with E-state index in [2.05, 4.69) is 5.32 Å². The molecule has 0 radical (unpaired) electrons. The lowest BCUT2D eigenvalue weighted by atomic mass is 9.90. The number of nitrogens with zero attached hydrogens (tertiary/aromatic N) is 2. The number of nitrogens with one attached hydrogen (secondary N) is 2. The smallest absolute Gasteiger partial charge is 0.326 e. The zero-order valence-corrected chi connectivity index (χ0v) is 18.1. The van der Waals surface area contributed by atoms with E-state index in [1.54, 1.807) is 15.7 Å². The second-order valence-corrected chi connectivity index (χ2v) is 9.64. The molecule has 0 aromatic heterocycles. The lowest BCUT2D eigenvalue weighted by molar-refractivity contribution is 0.212. The molecular formula is C21H24FN5O4S. The van der Waals surface area contributed by atoms with Crippen molar-refractivity contribution in [2.75, 3.05) is 18.4 Å². The van der Waals surface area contributed by atoms with Crippen LogP contribution in [0, 0.1) is 5.82 Å². The van der Waals surface area contributed by atoms with Crippen LogP contribution in [0.4, 0.5) is 19.7 Å². The normalized spacial score (nSPS) is 17.1. The number of rotatable bonds is 4. The number of halogens is 1. The highest BCUT2D eigenvalue weighted by Crippen LogP contribution is 2.30. The van der Waals surface area contributed by atoms with Gasteiger partial charge >= 0.3 is 22.3 Å². The highest BCUT2D eigenvalue weighted by Gasteiger charge is 2.29. The van der Waals surface area contributed by atoms with Gasteiger partial charge in [-0.15, -0.1) is 0 Å². The van der Waals surface area contributed by atoms with Crippen LogP contribution in [0.25, 0.3) is 0 Å². The summed E-state index contributed by atoms with van der Waals surface area (Å²) in [6.07, 6.45) is 1.21. The Kier molecular flexibility index (Phi) is 6.02. The fraction of sp³-hybridized carbons (Fsp3) is 0.333. The zero-order chi connectivity index (χ0) is 22.9. The van der Waals surface area contributed by atoms with E-state index in [1.165, 1.54) is 16.4 Å². The molecule has 32 heavy (non-hydrogen) atoms. The lowest BCUT2D eigenvalue weighted by Gasteiger charge is -2.31. The molecule has 0 unspecified atom stereocenters. The maximum atomic E-state index is 13.4. The number of nitrogens with two attached hydrogens (primary N) is 1. The third kappa shape index (κ3) is 4.83. The van der Waals surface area contributed by atoms with Gasteiger partial charge in [0.15, 0.2) is 0 Å². The maximum absolute atomic E-state index is 13.4. The first-order chi connectivity index (χ1) is 15.2. The Labute approximate surface area is 185 Å². The molecule has 9 nitrogen and oxygen atoms in total. The molecule has 0 saturated carbocycles. The van der Waals surface area contributed by atoms with Gasteiger partial charge in [-0.05, 0) is 59.7 Å². The molecule has 2 heterocycles. The Morgan fingerprint density at radius 2 is 1.66 bits per heavy atom. The van der Waals surface area contributed by atoms with Crippen LogP contribution in [-0.4, -0.2) is 42.8 Å². The molecule has 0 atom stereocenters. The number of fused-ring (bicyclic) bond motifs is 1. The molecule has 4 rings (SSSR count). The largest absolute Gasteiger partial charge is 0.351 e. The minimum atomic E-state index is -3.90. The van der Waals surface area contributed by atoms with E-state index in [4.69, 9.17) is 5.73 Å². The molecule has 11 heteroatoms. The minimum absolute atomic E-state index is 0.169. The molecule has 0 bridgehead atoms. The second kappa shape index (κ2) is 8.75. The highest BCUT2D eigenvalue weighted by atomic mass is 32.2. The van der Waals surface area contributed by atoms with E-state index in [1.807, 2.05) is 24.3 Å². The van der Waals surface area contributed by atoms with E-state index in [0.29, 0.717) is 31.6 Å². The average Bonchev–Trinajstić information content (AvgIpc) is 3.17. The number of primary amides is 1. The molecule has 4 N–H and O–H groups in total. The number of benzene rings is 2. The van der Waals surface area contributed by atoms with Crippen LogP contribution in [-0.2, 0) is 23.3 Å². The van der Waals surface area contributed by atoms with Crippen LogP contribution in [0.15, 0.2) is 42.5 Å². The standard InChI is InChI=1S/C21H24FN5O4S/c22-18-4-1-16-12-26(13-17(16)11-18)21(29)24-19-5-2-14(3-6-19)15-7-9-27(10-8-15)32(30,31)25-20(23)28/h1-6,11,15H,7-10,12-13H2,(H,24,29)(H3,23,25,28). The summed E-state index contributed by atoms with van der Waals surface area (Å²) >= 11 is 0. The molecule has 1 fully saturated rings. The molecule has 2 aliphatic rings. The van der Waals surface area contributed by atoms with E-state index in [0.717, 1.165) is 16.7 Å². The lowest BCUT2D eigenvalue weighted by Crippen LogP contribution is -2.48. The van der Waals surface area contributed by atoms with Crippen molar-refractivity contribution in [1.82, 2.24) is 13.9 Å². The molecular weight excluding hydrogens is 437 g/mol. The first kappa shape index (κ1) is 22.0. The monoisotopic (exact) mass is 461 g/mol. The number of carbonyl (C=O) groups excluding carboxylic acids is 2.